The molecule has 0 spiro atoms. The summed E-state index contributed by atoms with van der Waals surface area (Å²) in [6.07, 6.45) is 2.50. The minimum atomic E-state index is -0.153. The molecule has 3 aromatic rings. The Balaban J connectivity index is 1.42. The Morgan fingerprint density at radius 1 is 1.17 bits per heavy atom. The van der Waals surface area contributed by atoms with Crippen molar-refractivity contribution in [3.8, 4) is 5.75 Å². The van der Waals surface area contributed by atoms with E-state index in [2.05, 4.69) is 15.5 Å². The van der Waals surface area contributed by atoms with Gasteiger partial charge in [0, 0.05) is 17.1 Å². The summed E-state index contributed by atoms with van der Waals surface area (Å²) < 4.78 is 10.8. The van der Waals surface area contributed by atoms with E-state index in [1.807, 2.05) is 37.3 Å². The van der Waals surface area contributed by atoms with Crippen molar-refractivity contribution in [2.45, 2.75) is 31.4 Å². The minimum absolute atomic E-state index is 0.153. The molecule has 0 aliphatic rings. The van der Waals surface area contributed by atoms with Gasteiger partial charge >= 0.3 is 0 Å². The van der Waals surface area contributed by atoms with Crippen molar-refractivity contribution in [3.63, 3.8) is 0 Å². The zero-order chi connectivity index (χ0) is 20.6. The minimum Gasteiger partial charge on any atom is -0.497 e. The third-order valence-corrected chi connectivity index (χ3v) is 5.32. The molecule has 6 nitrogen and oxygen atoms in total. The van der Waals surface area contributed by atoms with E-state index >= 15 is 0 Å². The number of carbonyl (C=O) groups excluding carboxylic acids is 1. The molecule has 1 amide bonds. The lowest BCUT2D eigenvalue weighted by Gasteiger charge is -2.07. The summed E-state index contributed by atoms with van der Waals surface area (Å²) in [6, 6.07) is 13.4. The zero-order valence-electron chi connectivity index (χ0n) is 16.3. The first-order valence-corrected chi connectivity index (χ1v) is 10.5. The molecule has 3 rings (SSSR count). The van der Waals surface area contributed by atoms with Crippen molar-refractivity contribution in [1.29, 1.82) is 0 Å². The summed E-state index contributed by atoms with van der Waals surface area (Å²) in [6.45, 7) is 1.91. The largest absolute Gasteiger partial charge is 0.497 e. The van der Waals surface area contributed by atoms with Gasteiger partial charge in [-0.25, -0.2) is 0 Å². The predicted octanol–water partition coefficient (Wildman–Crippen LogP) is 4.95. The Morgan fingerprint density at radius 3 is 2.72 bits per heavy atom. The molecular formula is C21H22ClN3O3S. The monoisotopic (exact) mass is 431 g/mol. The Hall–Kier alpha value is -2.51. The van der Waals surface area contributed by atoms with Gasteiger partial charge in [0.05, 0.1) is 12.9 Å². The Bertz CT molecular complexity index is 960. The summed E-state index contributed by atoms with van der Waals surface area (Å²) in [5.74, 6) is 1.45. The molecule has 0 bridgehead atoms. The van der Waals surface area contributed by atoms with Crippen molar-refractivity contribution >= 4 is 35.0 Å². The number of nitrogens with zero attached hydrogens (tertiary/aromatic N) is 2. The first kappa shape index (κ1) is 21.2. The molecule has 29 heavy (non-hydrogen) atoms. The van der Waals surface area contributed by atoms with E-state index in [4.69, 9.17) is 20.8 Å². The highest BCUT2D eigenvalue weighted by molar-refractivity contribution is 7.99. The highest BCUT2D eigenvalue weighted by atomic mass is 35.5. The van der Waals surface area contributed by atoms with Gasteiger partial charge in [0.25, 0.3) is 5.22 Å². The number of rotatable bonds is 9. The molecule has 0 atom stereocenters. The summed E-state index contributed by atoms with van der Waals surface area (Å²) in [7, 11) is 1.65. The van der Waals surface area contributed by atoms with Crippen LogP contribution in [0.1, 0.15) is 23.4 Å². The highest BCUT2D eigenvalue weighted by Crippen LogP contribution is 2.22. The highest BCUT2D eigenvalue weighted by Gasteiger charge is 2.11. The smallest absolute Gasteiger partial charge is 0.277 e. The van der Waals surface area contributed by atoms with Gasteiger partial charge in [-0.05, 0) is 55.2 Å². The van der Waals surface area contributed by atoms with Gasteiger partial charge in [0.2, 0.25) is 11.8 Å². The molecule has 2 aromatic carbocycles. The molecule has 0 aliphatic carbocycles. The molecule has 0 unspecified atom stereocenters. The van der Waals surface area contributed by atoms with Crippen LogP contribution < -0.4 is 10.1 Å². The molecule has 8 heteroatoms. The number of halogens is 1. The van der Waals surface area contributed by atoms with Crippen LogP contribution in [0.4, 0.5) is 5.69 Å². The Kier molecular flexibility index (Phi) is 7.55. The van der Waals surface area contributed by atoms with Crippen molar-refractivity contribution < 1.29 is 13.9 Å². The number of nitrogens with one attached hydrogen (secondary N) is 1. The van der Waals surface area contributed by atoms with Crippen LogP contribution in [0.5, 0.6) is 5.75 Å². The SMILES string of the molecule is COc1ccc(CCCc2nnc(SCC(=O)Nc3cc(Cl)ccc3C)o2)cc1. The van der Waals surface area contributed by atoms with Gasteiger partial charge in [-0.15, -0.1) is 10.2 Å². The fraction of sp³-hybridized carbons (Fsp3) is 0.286. The fourth-order valence-corrected chi connectivity index (χ4v) is 3.43. The lowest BCUT2D eigenvalue weighted by Crippen LogP contribution is -2.14. The lowest BCUT2D eigenvalue weighted by molar-refractivity contribution is -0.113. The maximum Gasteiger partial charge on any atom is 0.277 e. The van der Waals surface area contributed by atoms with Gasteiger partial charge in [-0.1, -0.05) is 41.6 Å². The summed E-state index contributed by atoms with van der Waals surface area (Å²) >= 11 is 7.19. The molecule has 1 heterocycles. The van der Waals surface area contributed by atoms with Crippen LogP contribution in [0.3, 0.4) is 0 Å². The van der Waals surface area contributed by atoms with Crippen LogP contribution in [-0.2, 0) is 17.6 Å². The number of hydrogen-bond acceptors (Lipinski definition) is 6. The number of anilines is 1. The molecule has 1 N–H and O–H groups in total. The number of aryl methyl sites for hydroxylation is 3. The van der Waals surface area contributed by atoms with Crippen LogP contribution in [-0.4, -0.2) is 29.0 Å². The van der Waals surface area contributed by atoms with Crippen LogP contribution in [0.25, 0.3) is 0 Å². The van der Waals surface area contributed by atoms with E-state index in [1.165, 1.54) is 17.3 Å². The standard InChI is InChI=1S/C21H22ClN3O3S/c1-14-6-9-16(22)12-18(14)23-19(26)13-29-21-25-24-20(28-21)5-3-4-15-7-10-17(27-2)11-8-15/h6-12H,3-5,13H2,1-2H3,(H,23,26). The second-order valence-electron chi connectivity index (χ2n) is 6.46. The number of benzene rings is 2. The maximum atomic E-state index is 12.2. The van der Waals surface area contributed by atoms with Gasteiger partial charge in [-0.2, -0.15) is 0 Å². The molecule has 0 fully saturated rings. The van der Waals surface area contributed by atoms with E-state index in [9.17, 15) is 4.79 Å². The van der Waals surface area contributed by atoms with Crippen molar-refractivity contribution in [2.24, 2.45) is 0 Å². The first-order chi connectivity index (χ1) is 14.0. The van der Waals surface area contributed by atoms with E-state index in [1.54, 1.807) is 19.2 Å². The van der Waals surface area contributed by atoms with Crippen molar-refractivity contribution in [3.05, 3.63) is 64.5 Å². The second kappa shape index (κ2) is 10.3. The molecule has 1 aromatic heterocycles. The second-order valence-corrected chi connectivity index (χ2v) is 7.82. The third-order valence-electron chi connectivity index (χ3n) is 4.26. The lowest BCUT2D eigenvalue weighted by atomic mass is 10.1. The van der Waals surface area contributed by atoms with Crippen LogP contribution in [0.2, 0.25) is 5.02 Å². The normalized spacial score (nSPS) is 10.7. The first-order valence-electron chi connectivity index (χ1n) is 9.17. The molecule has 0 saturated heterocycles. The average Bonchev–Trinajstić information content (AvgIpc) is 3.17. The number of thioether (sulfide) groups is 1. The zero-order valence-corrected chi connectivity index (χ0v) is 17.8. The summed E-state index contributed by atoms with van der Waals surface area (Å²) in [5, 5.41) is 11.9. The van der Waals surface area contributed by atoms with E-state index in [0.717, 1.165) is 24.2 Å². The van der Waals surface area contributed by atoms with Gasteiger partial charge in [0.1, 0.15) is 5.75 Å². The number of hydrogen-bond donors (Lipinski definition) is 1. The van der Waals surface area contributed by atoms with Gasteiger partial charge < -0.3 is 14.5 Å². The quantitative estimate of drug-likeness (QED) is 0.483. The molecule has 0 saturated carbocycles. The predicted molar refractivity (Wildman–Crippen MR) is 115 cm³/mol. The number of aromatic nitrogens is 2. The van der Waals surface area contributed by atoms with E-state index in [0.29, 0.717) is 28.2 Å². The molecule has 152 valence electrons. The number of ether oxygens (including phenoxy) is 1. The van der Waals surface area contributed by atoms with Gasteiger partial charge in [0.15, 0.2) is 0 Å². The van der Waals surface area contributed by atoms with Crippen LogP contribution >= 0.6 is 23.4 Å². The Morgan fingerprint density at radius 2 is 1.97 bits per heavy atom. The van der Waals surface area contributed by atoms with Crippen molar-refractivity contribution in [1.82, 2.24) is 10.2 Å². The fourth-order valence-electron chi connectivity index (χ4n) is 2.68. The summed E-state index contributed by atoms with van der Waals surface area (Å²) in [5.41, 5.74) is 2.88. The Labute approximate surface area is 179 Å². The molecule has 0 radical (unpaired) electrons. The molecule has 0 aliphatic heterocycles. The van der Waals surface area contributed by atoms with Crippen molar-refractivity contribution in [2.75, 3.05) is 18.2 Å². The maximum absolute atomic E-state index is 12.2. The third kappa shape index (κ3) is 6.51. The average molecular weight is 432 g/mol. The topological polar surface area (TPSA) is 77.2 Å². The number of methoxy groups -OCH3 is 1. The van der Waals surface area contributed by atoms with E-state index in [-0.39, 0.29) is 11.7 Å². The van der Waals surface area contributed by atoms with Gasteiger partial charge in [-0.3, -0.25) is 4.79 Å². The number of amides is 1. The number of carbonyl (C=O) groups is 1. The van der Waals surface area contributed by atoms with E-state index < -0.39 is 0 Å². The van der Waals surface area contributed by atoms with Crippen LogP contribution in [0, 0.1) is 6.92 Å². The summed E-state index contributed by atoms with van der Waals surface area (Å²) in [4.78, 5) is 12.2. The van der Waals surface area contributed by atoms with Crippen LogP contribution in [0.15, 0.2) is 52.1 Å². The molecular weight excluding hydrogens is 410 g/mol.